The SMILES string of the molecule is Cn1c(=N/N=C/c2nc3ccccc3[nH]2)sc2ccccc21. The highest BCUT2D eigenvalue weighted by Crippen LogP contribution is 2.15. The van der Waals surface area contributed by atoms with Gasteiger partial charge in [-0.15, -0.1) is 5.10 Å². The van der Waals surface area contributed by atoms with E-state index in [0.29, 0.717) is 5.82 Å². The van der Waals surface area contributed by atoms with Crippen LogP contribution in [0.4, 0.5) is 0 Å². The molecule has 0 atom stereocenters. The Hall–Kier alpha value is -2.73. The standard InChI is InChI=1S/C16H13N5S/c1-21-13-8-4-5-9-14(13)22-16(21)20-17-10-15-18-11-6-2-3-7-12(11)19-15/h2-10H,1H3,(H,18,19)/b17-10+,20-16?. The molecule has 2 aromatic carbocycles. The molecule has 0 saturated carbocycles. The Balaban J connectivity index is 1.71. The molecule has 0 aliphatic carbocycles. The van der Waals surface area contributed by atoms with Crippen LogP contribution in [0.5, 0.6) is 0 Å². The van der Waals surface area contributed by atoms with Crippen LogP contribution in [0.15, 0.2) is 58.7 Å². The molecule has 4 aromatic rings. The molecule has 4 rings (SSSR count). The van der Waals surface area contributed by atoms with Gasteiger partial charge in [0.15, 0.2) is 5.82 Å². The van der Waals surface area contributed by atoms with Crippen molar-refractivity contribution < 1.29 is 0 Å². The second kappa shape index (κ2) is 5.23. The second-order valence-electron chi connectivity index (χ2n) is 4.90. The number of para-hydroxylation sites is 3. The van der Waals surface area contributed by atoms with Crippen molar-refractivity contribution in [1.29, 1.82) is 0 Å². The molecule has 0 aliphatic heterocycles. The van der Waals surface area contributed by atoms with Crippen molar-refractivity contribution in [2.45, 2.75) is 0 Å². The Morgan fingerprint density at radius 1 is 1.14 bits per heavy atom. The first-order valence-electron chi connectivity index (χ1n) is 6.88. The van der Waals surface area contributed by atoms with E-state index < -0.39 is 0 Å². The fourth-order valence-corrected chi connectivity index (χ4v) is 3.32. The molecule has 0 spiro atoms. The average Bonchev–Trinajstić information content (AvgIpc) is 3.09. The van der Waals surface area contributed by atoms with Gasteiger partial charge in [0.1, 0.15) is 0 Å². The van der Waals surface area contributed by atoms with Crippen LogP contribution in [-0.4, -0.2) is 20.7 Å². The van der Waals surface area contributed by atoms with Gasteiger partial charge in [0.2, 0.25) is 4.80 Å². The van der Waals surface area contributed by atoms with Gasteiger partial charge in [0.05, 0.1) is 27.5 Å². The van der Waals surface area contributed by atoms with Crippen LogP contribution in [0.3, 0.4) is 0 Å². The van der Waals surface area contributed by atoms with E-state index >= 15 is 0 Å². The van der Waals surface area contributed by atoms with Crippen LogP contribution in [0.25, 0.3) is 21.3 Å². The van der Waals surface area contributed by atoms with Crippen LogP contribution in [0.1, 0.15) is 5.82 Å². The number of benzene rings is 2. The average molecular weight is 307 g/mol. The van der Waals surface area contributed by atoms with Crippen molar-refractivity contribution in [3.8, 4) is 0 Å². The summed E-state index contributed by atoms with van der Waals surface area (Å²) in [4.78, 5) is 8.50. The first-order valence-corrected chi connectivity index (χ1v) is 7.69. The van der Waals surface area contributed by atoms with Crippen molar-refractivity contribution in [3.05, 3.63) is 59.2 Å². The fraction of sp³-hybridized carbons (Fsp3) is 0.0625. The van der Waals surface area contributed by atoms with Crippen LogP contribution < -0.4 is 4.80 Å². The van der Waals surface area contributed by atoms with E-state index in [1.807, 2.05) is 48.0 Å². The first-order chi connectivity index (χ1) is 10.8. The van der Waals surface area contributed by atoms with Crippen molar-refractivity contribution in [1.82, 2.24) is 14.5 Å². The monoisotopic (exact) mass is 307 g/mol. The molecule has 0 unspecified atom stereocenters. The predicted molar refractivity (Wildman–Crippen MR) is 90.0 cm³/mol. The minimum absolute atomic E-state index is 0.703. The Kier molecular flexibility index (Phi) is 3.08. The highest BCUT2D eigenvalue weighted by Gasteiger charge is 2.01. The number of imidazole rings is 1. The Morgan fingerprint density at radius 3 is 2.82 bits per heavy atom. The third kappa shape index (κ3) is 2.23. The molecule has 108 valence electrons. The number of aromatic amines is 1. The van der Waals surface area contributed by atoms with E-state index in [4.69, 9.17) is 0 Å². The highest BCUT2D eigenvalue weighted by atomic mass is 32.1. The quantitative estimate of drug-likeness (QED) is 0.449. The molecule has 0 fully saturated rings. The van der Waals surface area contributed by atoms with Crippen LogP contribution in [0, 0.1) is 0 Å². The van der Waals surface area contributed by atoms with Crippen LogP contribution >= 0.6 is 11.3 Å². The third-order valence-corrected chi connectivity index (χ3v) is 4.55. The largest absolute Gasteiger partial charge is 0.337 e. The van der Waals surface area contributed by atoms with Gasteiger partial charge in [-0.2, -0.15) is 5.10 Å². The van der Waals surface area contributed by atoms with Crippen LogP contribution in [-0.2, 0) is 7.05 Å². The maximum absolute atomic E-state index is 4.44. The molecule has 0 aliphatic rings. The summed E-state index contributed by atoms with van der Waals surface area (Å²) in [6.07, 6.45) is 1.64. The maximum atomic E-state index is 4.44. The molecule has 0 radical (unpaired) electrons. The molecule has 22 heavy (non-hydrogen) atoms. The molecule has 5 nitrogen and oxygen atoms in total. The first kappa shape index (κ1) is 13.0. The highest BCUT2D eigenvalue weighted by molar-refractivity contribution is 7.16. The number of H-pyrrole nitrogens is 1. The molecule has 0 amide bonds. The number of hydrogen-bond acceptors (Lipinski definition) is 4. The molecule has 1 N–H and O–H groups in total. The Morgan fingerprint density at radius 2 is 1.95 bits per heavy atom. The number of fused-ring (bicyclic) bond motifs is 2. The van der Waals surface area contributed by atoms with Crippen molar-refractivity contribution in [3.63, 3.8) is 0 Å². The van der Waals surface area contributed by atoms with Gasteiger partial charge >= 0.3 is 0 Å². The van der Waals surface area contributed by atoms with E-state index in [9.17, 15) is 0 Å². The molecule has 0 saturated heterocycles. The van der Waals surface area contributed by atoms with Gasteiger partial charge in [-0.25, -0.2) is 4.98 Å². The van der Waals surface area contributed by atoms with Gasteiger partial charge in [0, 0.05) is 7.05 Å². The maximum Gasteiger partial charge on any atom is 0.211 e. The van der Waals surface area contributed by atoms with E-state index in [1.165, 1.54) is 4.70 Å². The predicted octanol–water partition coefficient (Wildman–Crippen LogP) is 3.05. The molecule has 2 aromatic heterocycles. The molecular formula is C16H13N5S. The number of nitrogens with one attached hydrogen (secondary N) is 1. The van der Waals surface area contributed by atoms with Gasteiger partial charge in [-0.05, 0) is 24.3 Å². The number of aryl methyl sites for hydroxylation is 1. The van der Waals surface area contributed by atoms with Gasteiger partial charge < -0.3 is 9.55 Å². The number of rotatable bonds is 2. The topological polar surface area (TPSA) is 58.3 Å². The summed E-state index contributed by atoms with van der Waals surface area (Å²) in [6.45, 7) is 0. The van der Waals surface area contributed by atoms with Crippen LogP contribution in [0.2, 0.25) is 0 Å². The molecular weight excluding hydrogens is 294 g/mol. The summed E-state index contributed by atoms with van der Waals surface area (Å²) in [6, 6.07) is 16.1. The third-order valence-electron chi connectivity index (χ3n) is 3.45. The smallest absolute Gasteiger partial charge is 0.211 e. The summed E-state index contributed by atoms with van der Waals surface area (Å²) >= 11 is 1.62. The van der Waals surface area contributed by atoms with E-state index in [2.05, 4.69) is 32.3 Å². The fourth-order valence-electron chi connectivity index (χ4n) is 2.34. The molecule has 0 bridgehead atoms. The lowest BCUT2D eigenvalue weighted by molar-refractivity contribution is 0.889. The Bertz CT molecular complexity index is 1020. The summed E-state index contributed by atoms with van der Waals surface area (Å²) < 4.78 is 3.23. The van der Waals surface area contributed by atoms with E-state index in [1.54, 1.807) is 17.6 Å². The lowest BCUT2D eigenvalue weighted by Crippen LogP contribution is -2.08. The number of aromatic nitrogens is 3. The molecule has 2 heterocycles. The zero-order valence-corrected chi connectivity index (χ0v) is 12.7. The van der Waals surface area contributed by atoms with Gasteiger partial charge in [-0.3, -0.25) is 0 Å². The number of hydrogen-bond donors (Lipinski definition) is 1. The van der Waals surface area contributed by atoms with Crippen molar-refractivity contribution in [2.75, 3.05) is 0 Å². The summed E-state index contributed by atoms with van der Waals surface area (Å²) in [5.74, 6) is 0.703. The lowest BCUT2D eigenvalue weighted by Gasteiger charge is -1.92. The summed E-state index contributed by atoms with van der Waals surface area (Å²) in [5.41, 5.74) is 3.08. The molecule has 6 heteroatoms. The zero-order valence-electron chi connectivity index (χ0n) is 11.9. The Labute approximate surface area is 130 Å². The number of thiazole rings is 1. The minimum atomic E-state index is 0.703. The van der Waals surface area contributed by atoms with Gasteiger partial charge in [-0.1, -0.05) is 35.6 Å². The van der Waals surface area contributed by atoms with Crippen molar-refractivity contribution in [2.24, 2.45) is 17.3 Å². The zero-order chi connectivity index (χ0) is 14.9. The van der Waals surface area contributed by atoms with Crippen molar-refractivity contribution >= 4 is 38.8 Å². The number of nitrogens with zero attached hydrogens (tertiary/aromatic N) is 4. The van der Waals surface area contributed by atoms with E-state index in [-0.39, 0.29) is 0 Å². The normalized spacial score (nSPS) is 12.9. The lowest BCUT2D eigenvalue weighted by atomic mass is 10.3. The summed E-state index contributed by atoms with van der Waals surface area (Å²) in [5, 5.41) is 8.46. The van der Waals surface area contributed by atoms with E-state index in [0.717, 1.165) is 21.4 Å². The van der Waals surface area contributed by atoms with Gasteiger partial charge in [0.25, 0.3) is 0 Å². The second-order valence-corrected chi connectivity index (χ2v) is 5.90. The minimum Gasteiger partial charge on any atom is -0.337 e. The summed E-state index contributed by atoms with van der Waals surface area (Å²) in [7, 11) is 1.99.